The Labute approximate surface area is 171 Å². The van der Waals surface area contributed by atoms with Gasteiger partial charge in [0.1, 0.15) is 5.75 Å². The van der Waals surface area contributed by atoms with Gasteiger partial charge in [-0.3, -0.25) is 9.59 Å². The molecule has 1 aliphatic rings. The smallest absolute Gasteiger partial charge is 0.262 e. The van der Waals surface area contributed by atoms with Gasteiger partial charge in [-0.05, 0) is 54.7 Å². The van der Waals surface area contributed by atoms with Gasteiger partial charge in [0, 0.05) is 24.4 Å². The number of ether oxygens (including phenoxy) is 2. The summed E-state index contributed by atoms with van der Waals surface area (Å²) in [5, 5.41) is 5.67. The second kappa shape index (κ2) is 10.1. The maximum atomic E-state index is 12.2. The lowest BCUT2D eigenvalue weighted by Gasteiger charge is -2.14. The van der Waals surface area contributed by atoms with E-state index in [1.54, 1.807) is 24.3 Å². The Morgan fingerprint density at radius 2 is 1.90 bits per heavy atom. The quantitative estimate of drug-likeness (QED) is 0.713. The first-order valence-corrected chi connectivity index (χ1v) is 10.0. The van der Waals surface area contributed by atoms with Crippen molar-refractivity contribution in [1.29, 1.82) is 0 Å². The molecule has 3 rings (SSSR count). The van der Waals surface area contributed by atoms with E-state index in [-0.39, 0.29) is 24.5 Å². The number of benzene rings is 2. The highest BCUT2D eigenvalue weighted by atomic mass is 16.5. The molecule has 6 heteroatoms. The Kier molecular flexibility index (Phi) is 7.25. The average molecular weight is 396 g/mol. The Hall–Kier alpha value is -2.86. The van der Waals surface area contributed by atoms with Crippen molar-refractivity contribution in [2.45, 2.75) is 38.7 Å². The first-order chi connectivity index (χ1) is 14.0. The van der Waals surface area contributed by atoms with Crippen LogP contribution in [-0.4, -0.2) is 37.7 Å². The maximum absolute atomic E-state index is 12.2. The van der Waals surface area contributed by atoms with Crippen LogP contribution in [0.5, 0.6) is 5.75 Å². The monoisotopic (exact) mass is 396 g/mol. The largest absolute Gasteiger partial charge is 0.483 e. The lowest BCUT2D eigenvalue weighted by molar-refractivity contribution is -0.118. The summed E-state index contributed by atoms with van der Waals surface area (Å²) in [5.74, 6) is 0.634. The molecule has 0 spiro atoms. The summed E-state index contributed by atoms with van der Waals surface area (Å²) in [6.07, 6.45) is 2.13. The second-order valence-electron chi connectivity index (χ2n) is 7.45. The molecule has 154 valence electrons. The lowest BCUT2D eigenvalue weighted by Crippen LogP contribution is -2.31. The minimum atomic E-state index is -0.251. The van der Waals surface area contributed by atoms with Crippen molar-refractivity contribution in [3.05, 3.63) is 59.7 Å². The van der Waals surface area contributed by atoms with Crippen LogP contribution in [0.4, 0.5) is 5.69 Å². The molecule has 1 fully saturated rings. The first kappa shape index (κ1) is 20.9. The third-order valence-electron chi connectivity index (χ3n) is 4.84. The fourth-order valence-electron chi connectivity index (χ4n) is 3.25. The number of nitrogens with one attached hydrogen (secondary N) is 2. The molecule has 0 aromatic heterocycles. The highest BCUT2D eigenvalue weighted by Gasteiger charge is 2.16. The van der Waals surface area contributed by atoms with Gasteiger partial charge >= 0.3 is 0 Å². The van der Waals surface area contributed by atoms with Gasteiger partial charge in [-0.1, -0.05) is 32.0 Å². The van der Waals surface area contributed by atoms with Crippen LogP contribution in [0.3, 0.4) is 0 Å². The number of hydrogen-bond donors (Lipinski definition) is 2. The predicted octanol–water partition coefficient (Wildman–Crippen LogP) is 3.74. The molecule has 0 unspecified atom stereocenters. The molecule has 0 saturated carbocycles. The number of anilines is 1. The van der Waals surface area contributed by atoms with E-state index in [9.17, 15) is 9.59 Å². The van der Waals surface area contributed by atoms with Gasteiger partial charge in [-0.15, -0.1) is 0 Å². The SMILES string of the molecule is CC(C)c1ccccc1OCC(=O)Nc1ccc(C(=O)NC[C@@H]2CCCO2)cc1. The molecule has 29 heavy (non-hydrogen) atoms. The summed E-state index contributed by atoms with van der Waals surface area (Å²) in [6, 6.07) is 14.5. The van der Waals surface area contributed by atoms with E-state index in [1.807, 2.05) is 24.3 Å². The van der Waals surface area contributed by atoms with E-state index < -0.39 is 0 Å². The van der Waals surface area contributed by atoms with Crippen molar-refractivity contribution in [3.8, 4) is 5.75 Å². The van der Waals surface area contributed by atoms with Crippen LogP contribution in [0.25, 0.3) is 0 Å². The summed E-state index contributed by atoms with van der Waals surface area (Å²) < 4.78 is 11.2. The van der Waals surface area contributed by atoms with Crippen molar-refractivity contribution in [2.75, 3.05) is 25.1 Å². The minimum Gasteiger partial charge on any atom is -0.483 e. The molecule has 0 radical (unpaired) electrons. The molecule has 1 atom stereocenters. The standard InChI is InChI=1S/C23H28N2O4/c1-16(2)20-7-3-4-8-21(20)29-15-22(26)25-18-11-9-17(10-12-18)23(27)24-14-19-6-5-13-28-19/h3-4,7-12,16,19H,5-6,13-15H2,1-2H3,(H,24,27)(H,25,26)/t19-/m0/s1. The van der Waals surface area contributed by atoms with Crippen LogP contribution in [0, 0.1) is 0 Å². The number of hydrogen-bond acceptors (Lipinski definition) is 4. The van der Waals surface area contributed by atoms with Gasteiger partial charge in [0.25, 0.3) is 11.8 Å². The van der Waals surface area contributed by atoms with Crippen LogP contribution in [0.2, 0.25) is 0 Å². The van der Waals surface area contributed by atoms with Crippen LogP contribution in [-0.2, 0) is 9.53 Å². The van der Waals surface area contributed by atoms with E-state index in [1.165, 1.54) is 0 Å². The number of rotatable bonds is 8. The number of amides is 2. The Morgan fingerprint density at radius 3 is 2.59 bits per heavy atom. The molecule has 1 aliphatic heterocycles. The van der Waals surface area contributed by atoms with Crippen molar-refractivity contribution in [3.63, 3.8) is 0 Å². The van der Waals surface area contributed by atoms with Crippen molar-refractivity contribution in [2.24, 2.45) is 0 Å². The average Bonchev–Trinajstić information content (AvgIpc) is 3.25. The van der Waals surface area contributed by atoms with Crippen LogP contribution < -0.4 is 15.4 Å². The number of carbonyl (C=O) groups is 2. The number of para-hydroxylation sites is 1. The summed E-state index contributed by atoms with van der Waals surface area (Å²) in [6.45, 7) is 5.38. The van der Waals surface area contributed by atoms with Gasteiger partial charge in [-0.25, -0.2) is 0 Å². The molecule has 2 N–H and O–H groups in total. The molecule has 1 saturated heterocycles. The van der Waals surface area contributed by atoms with E-state index in [2.05, 4.69) is 24.5 Å². The van der Waals surface area contributed by atoms with Gasteiger partial charge in [0.15, 0.2) is 6.61 Å². The first-order valence-electron chi connectivity index (χ1n) is 10.0. The molecular weight excluding hydrogens is 368 g/mol. The highest BCUT2D eigenvalue weighted by Crippen LogP contribution is 2.25. The zero-order valence-electron chi connectivity index (χ0n) is 16.9. The molecule has 0 bridgehead atoms. The van der Waals surface area contributed by atoms with Gasteiger partial charge in [-0.2, -0.15) is 0 Å². The van der Waals surface area contributed by atoms with Gasteiger partial charge in [0.2, 0.25) is 0 Å². The lowest BCUT2D eigenvalue weighted by atomic mass is 10.0. The zero-order valence-corrected chi connectivity index (χ0v) is 16.9. The Balaban J connectivity index is 1.47. The normalized spacial score (nSPS) is 15.9. The highest BCUT2D eigenvalue weighted by molar-refractivity contribution is 5.96. The summed E-state index contributed by atoms with van der Waals surface area (Å²) >= 11 is 0. The Bertz CT molecular complexity index is 827. The molecule has 1 heterocycles. The van der Waals surface area contributed by atoms with Crippen molar-refractivity contribution < 1.29 is 19.1 Å². The molecule has 2 aromatic carbocycles. The predicted molar refractivity (Wildman–Crippen MR) is 112 cm³/mol. The van der Waals surface area contributed by atoms with Gasteiger partial charge < -0.3 is 20.1 Å². The van der Waals surface area contributed by atoms with E-state index in [0.29, 0.717) is 23.7 Å². The summed E-state index contributed by atoms with van der Waals surface area (Å²) in [7, 11) is 0. The molecular formula is C23H28N2O4. The van der Waals surface area contributed by atoms with Crippen LogP contribution in [0.15, 0.2) is 48.5 Å². The summed E-state index contributed by atoms with van der Waals surface area (Å²) in [4.78, 5) is 24.4. The zero-order chi connectivity index (χ0) is 20.6. The molecule has 6 nitrogen and oxygen atoms in total. The minimum absolute atomic E-state index is 0.0760. The van der Waals surface area contributed by atoms with Gasteiger partial charge in [0.05, 0.1) is 6.10 Å². The molecule has 2 amide bonds. The maximum Gasteiger partial charge on any atom is 0.262 e. The molecule has 0 aliphatic carbocycles. The Morgan fingerprint density at radius 1 is 1.14 bits per heavy atom. The second-order valence-corrected chi connectivity index (χ2v) is 7.45. The van der Waals surface area contributed by atoms with E-state index in [4.69, 9.17) is 9.47 Å². The van der Waals surface area contributed by atoms with Crippen molar-refractivity contribution >= 4 is 17.5 Å². The third-order valence-corrected chi connectivity index (χ3v) is 4.84. The fraction of sp³-hybridized carbons (Fsp3) is 0.391. The topological polar surface area (TPSA) is 76.7 Å². The van der Waals surface area contributed by atoms with E-state index >= 15 is 0 Å². The van der Waals surface area contributed by atoms with Crippen LogP contribution >= 0.6 is 0 Å². The summed E-state index contributed by atoms with van der Waals surface area (Å²) in [5.41, 5.74) is 2.23. The third kappa shape index (κ3) is 6.06. The fourth-order valence-corrected chi connectivity index (χ4v) is 3.25. The molecule has 2 aromatic rings. The van der Waals surface area contributed by atoms with Crippen molar-refractivity contribution in [1.82, 2.24) is 5.32 Å². The van der Waals surface area contributed by atoms with Crippen LogP contribution in [0.1, 0.15) is 48.5 Å². The number of carbonyl (C=O) groups excluding carboxylic acids is 2. The van der Waals surface area contributed by atoms with E-state index in [0.717, 1.165) is 30.8 Å².